The van der Waals surface area contributed by atoms with Gasteiger partial charge in [-0.1, -0.05) is 12.1 Å². The van der Waals surface area contributed by atoms with Crippen LogP contribution in [0.25, 0.3) is 11.6 Å². The van der Waals surface area contributed by atoms with Crippen LogP contribution in [0.3, 0.4) is 0 Å². The molecule has 0 N–H and O–H groups in total. The molecule has 158 valence electrons. The minimum Gasteiger partial charge on any atom is -0.419 e. The Hall–Kier alpha value is -2.79. The maximum absolute atomic E-state index is 13.0. The zero-order chi connectivity index (χ0) is 21.4. The summed E-state index contributed by atoms with van der Waals surface area (Å²) in [6, 6.07) is 8.99. The Morgan fingerprint density at radius 1 is 1.10 bits per heavy atom. The molecule has 3 heterocycles. The van der Waals surface area contributed by atoms with Gasteiger partial charge in [0.1, 0.15) is 5.69 Å². The smallest absolute Gasteiger partial charge is 0.416 e. The van der Waals surface area contributed by atoms with E-state index < -0.39 is 26.7 Å². The topological polar surface area (TPSA) is 89.2 Å². The van der Waals surface area contributed by atoms with Crippen molar-refractivity contribution in [1.82, 2.24) is 19.5 Å². The second-order valence-corrected chi connectivity index (χ2v) is 8.83. The molecule has 4 rings (SSSR count). The quantitative estimate of drug-likeness (QED) is 0.617. The third-order valence-electron chi connectivity index (χ3n) is 4.86. The van der Waals surface area contributed by atoms with E-state index >= 15 is 0 Å². The molecule has 1 unspecified atom stereocenters. The molecule has 0 radical (unpaired) electrons. The molecular weight excluding hydrogens is 421 g/mol. The molecular formula is C19H17F3N4O3S. The fourth-order valence-electron chi connectivity index (χ4n) is 3.34. The summed E-state index contributed by atoms with van der Waals surface area (Å²) >= 11 is 0. The number of nitrogens with zero attached hydrogens (tertiary/aromatic N) is 4. The third kappa shape index (κ3) is 4.08. The summed E-state index contributed by atoms with van der Waals surface area (Å²) < 4.78 is 71.7. The van der Waals surface area contributed by atoms with Gasteiger partial charge in [0.25, 0.3) is 5.89 Å². The predicted octanol–water partition coefficient (Wildman–Crippen LogP) is 3.72. The zero-order valence-electron chi connectivity index (χ0n) is 15.6. The lowest BCUT2D eigenvalue weighted by Gasteiger charge is -2.30. The van der Waals surface area contributed by atoms with Crippen LogP contribution in [0.1, 0.15) is 30.2 Å². The van der Waals surface area contributed by atoms with Gasteiger partial charge in [-0.05, 0) is 43.2 Å². The van der Waals surface area contributed by atoms with E-state index in [4.69, 9.17) is 4.42 Å². The van der Waals surface area contributed by atoms with E-state index in [1.54, 1.807) is 24.4 Å². The molecule has 0 spiro atoms. The van der Waals surface area contributed by atoms with Gasteiger partial charge in [0.2, 0.25) is 15.9 Å². The van der Waals surface area contributed by atoms with E-state index in [9.17, 15) is 21.6 Å². The van der Waals surface area contributed by atoms with Crippen LogP contribution in [0.15, 0.2) is 58.0 Å². The number of aromatic nitrogens is 3. The van der Waals surface area contributed by atoms with Gasteiger partial charge in [0.05, 0.1) is 16.4 Å². The van der Waals surface area contributed by atoms with Gasteiger partial charge in [0.15, 0.2) is 0 Å². The molecule has 1 aliphatic rings. The van der Waals surface area contributed by atoms with Gasteiger partial charge in [-0.2, -0.15) is 17.5 Å². The van der Waals surface area contributed by atoms with E-state index in [0.717, 1.165) is 12.1 Å². The van der Waals surface area contributed by atoms with Gasteiger partial charge in [0, 0.05) is 19.3 Å². The summed E-state index contributed by atoms with van der Waals surface area (Å²) in [5.74, 6) is 0.146. The molecule has 11 heteroatoms. The lowest BCUT2D eigenvalue weighted by Crippen LogP contribution is -2.39. The number of halogens is 3. The highest BCUT2D eigenvalue weighted by molar-refractivity contribution is 7.89. The Balaban J connectivity index is 1.56. The standard InChI is InChI=1S/C19H17F3N4O3S/c20-19(21,22)14-6-3-7-15(11-14)30(27,28)26-10-4-5-13(12-26)17-24-25-18(29-17)16-8-1-2-9-23-16/h1-3,6-9,11,13H,4-5,10,12H2. The Kier molecular flexibility index (Phi) is 5.33. The minimum absolute atomic E-state index is 0.0441. The van der Waals surface area contributed by atoms with Crippen molar-refractivity contribution in [1.29, 1.82) is 0 Å². The van der Waals surface area contributed by atoms with Crippen molar-refractivity contribution in [3.63, 3.8) is 0 Å². The fourth-order valence-corrected chi connectivity index (χ4v) is 4.91. The van der Waals surface area contributed by atoms with Crippen LogP contribution in [0.2, 0.25) is 0 Å². The van der Waals surface area contributed by atoms with Crippen molar-refractivity contribution in [3.8, 4) is 11.6 Å². The first-order chi connectivity index (χ1) is 14.2. The van der Waals surface area contributed by atoms with Crippen molar-refractivity contribution < 1.29 is 26.0 Å². The molecule has 1 aromatic carbocycles. The SMILES string of the molecule is O=S(=O)(c1cccc(C(F)(F)F)c1)N1CCCC(c2nnc(-c3ccccn3)o2)C1. The molecule has 0 saturated carbocycles. The highest BCUT2D eigenvalue weighted by atomic mass is 32.2. The van der Waals surface area contributed by atoms with Crippen LogP contribution in [0.4, 0.5) is 13.2 Å². The number of benzene rings is 1. The number of hydrogen-bond acceptors (Lipinski definition) is 6. The molecule has 0 amide bonds. The first-order valence-electron chi connectivity index (χ1n) is 9.17. The van der Waals surface area contributed by atoms with Crippen molar-refractivity contribution in [2.75, 3.05) is 13.1 Å². The monoisotopic (exact) mass is 438 g/mol. The normalized spacial score (nSPS) is 18.4. The van der Waals surface area contributed by atoms with E-state index in [2.05, 4.69) is 15.2 Å². The number of sulfonamides is 1. The zero-order valence-corrected chi connectivity index (χ0v) is 16.4. The Morgan fingerprint density at radius 2 is 1.93 bits per heavy atom. The van der Waals surface area contributed by atoms with Crippen molar-refractivity contribution in [2.45, 2.75) is 29.8 Å². The average molecular weight is 438 g/mol. The molecule has 30 heavy (non-hydrogen) atoms. The van der Waals surface area contributed by atoms with E-state index in [1.165, 1.54) is 10.4 Å². The predicted molar refractivity (Wildman–Crippen MR) is 99.7 cm³/mol. The van der Waals surface area contributed by atoms with Gasteiger partial charge < -0.3 is 4.42 Å². The molecule has 1 saturated heterocycles. The van der Waals surface area contributed by atoms with Gasteiger partial charge in [-0.3, -0.25) is 4.98 Å². The van der Waals surface area contributed by atoms with Crippen molar-refractivity contribution in [2.24, 2.45) is 0 Å². The highest BCUT2D eigenvalue weighted by Crippen LogP contribution is 2.33. The fraction of sp³-hybridized carbons (Fsp3) is 0.316. The summed E-state index contributed by atoms with van der Waals surface area (Å²) in [6.45, 7) is 0.249. The van der Waals surface area contributed by atoms with E-state index in [0.29, 0.717) is 24.6 Å². The minimum atomic E-state index is -4.62. The maximum atomic E-state index is 13.0. The van der Waals surface area contributed by atoms with Crippen LogP contribution in [0, 0.1) is 0 Å². The summed E-state index contributed by atoms with van der Waals surface area (Å²) in [4.78, 5) is 3.74. The Bertz CT molecular complexity index is 1130. The van der Waals surface area contributed by atoms with Crippen LogP contribution in [0.5, 0.6) is 0 Å². The second kappa shape index (κ2) is 7.80. The van der Waals surface area contributed by atoms with Crippen LogP contribution in [-0.2, 0) is 16.2 Å². The summed E-state index contributed by atoms with van der Waals surface area (Å²) in [5.41, 5.74) is -0.505. The maximum Gasteiger partial charge on any atom is 0.416 e. The number of pyridine rings is 1. The molecule has 1 atom stereocenters. The summed E-state index contributed by atoms with van der Waals surface area (Å²) in [6.07, 6.45) is -1.90. The van der Waals surface area contributed by atoms with Gasteiger partial charge in [-0.15, -0.1) is 10.2 Å². The molecule has 3 aromatic rings. The lowest BCUT2D eigenvalue weighted by molar-refractivity contribution is -0.137. The number of hydrogen-bond donors (Lipinski definition) is 0. The Labute approximate surface area is 170 Å². The highest BCUT2D eigenvalue weighted by Gasteiger charge is 2.36. The largest absolute Gasteiger partial charge is 0.419 e. The van der Waals surface area contributed by atoms with E-state index in [1.807, 2.05) is 0 Å². The van der Waals surface area contributed by atoms with Gasteiger partial charge in [-0.25, -0.2) is 8.42 Å². The summed E-state index contributed by atoms with van der Waals surface area (Å²) in [7, 11) is -4.10. The second-order valence-electron chi connectivity index (χ2n) is 6.89. The molecule has 0 aliphatic carbocycles. The number of piperidine rings is 1. The molecule has 1 fully saturated rings. The summed E-state index contributed by atoms with van der Waals surface area (Å²) in [5, 5.41) is 8.00. The first-order valence-corrected chi connectivity index (χ1v) is 10.6. The van der Waals surface area contributed by atoms with Crippen LogP contribution >= 0.6 is 0 Å². The number of alkyl halides is 3. The Morgan fingerprint density at radius 3 is 2.67 bits per heavy atom. The van der Waals surface area contributed by atoms with Crippen molar-refractivity contribution >= 4 is 10.0 Å². The molecule has 0 bridgehead atoms. The number of rotatable bonds is 4. The van der Waals surface area contributed by atoms with Crippen LogP contribution in [-0.4, -0.2) is 41.0 Å². The third-order valence-corrected chi connectivity index (χ3v) is 6.72. The molecule has 2 aromatic heterocycles. The first kappa shape index (κ1) is 20.5. The molecule has 1 aliphatic heterocycles. The van der Waals surface area contributed by atoms with E-state index in [-0.39, 0.29) is 30.8 Å². The van der Waals surface area contributed by atoms with Gasteiger partial charge >= 0.3 is 6.18 Å². The lowest BCUT2D eigenvalue weighted by atomic mass is 10.00. The average Bonchev–Trinajstić information content (AvgIpc) is 3.24. The molecule has 7 nitrogen and oxygen atoms in total. The van der Waals surface area contributed by atoms with Crippen molar-refractivity contribution in [3.05, 3.63) is 60.1 Å². The van der Waals surface area contributed by atoms with Crippen LogP contribution < -0.4 is 0 Å².